The van der Waals surface area contributed by atoms with Gasteiger partial charge in [-0.3, -0.25) is 4.79 Å². The number of amides is 1. The molecule has 0 aliphatic carbocycles. The largest absolute Gasteiger partial charge is 0.365 e. The van der Waals surface area contributed by atoms with Crippen LogP contribution < -0.4 is 10.6 Å². The molecule has 1 amide bonds. The summed E-state index contributed by atoms with van der Waals surface area (Å²) in [7, 11) is -2.94. The predicted molar refractivity (Wildman–Crippen MR) is 91.5 cm³/mol. The first-order chi connectivity index (χ1) is 11.5. The molecule has 0 saturated carbocycles. The summed E-state index contributed by atoms with van der Waals surface area (Å²) in [6.07, 6.45) is 0.835. The van der Waals surface area contributed by atoms with E-state index in [-0.39, 0.29) is 29.9 Å². The van der Waals surface area contributed by atoms with E-state index in [0.29, 0.717) is 18.1 Å². The monoisotopic (exact) mass is 346 g/mol. The molecule has 3 rings (SSSR count). The molecule has 1 fully saturated rings. The molecule has 7 nitrogen and oxygen atoms in total. The molecule has 1 atom stereocenters. The molecule has 0 bridgehead atoms. The fourth-order valence-corrected chi connectivity index (χ4v) is 4.24. The van der Waals surface area contributed by atoms with Crippen LogP contribution in [0.2, 0.25) is 0 Å². The van der Waals surface area contributed by atoms with Gasteiger partial charge in [0.25, 0.3) is 0 Å². The Bertz CT molecular complexity index is 807. The number of anilines is 2. The van der Waals surface area contributed by atoms with Gasteiger partial charge in [-0.15, -0.1) is 10.2 Å². The molecule has 1 aromatic carbocycles. The Morgan fingerprint density at radius 2 is 1.79 bits per heavy atom. The van der Waals surface area contributed by atoms with Crippen molar-refractivity contribution in [2.75, 3.05) is 22.1 Å². The Hall–Kier alpha value is -2.48. The van der Waals surface area contributed by atoms with Crippen LogP contribution in [0.5, 0.6) is 0 Å². The van der Waals surface area contributed by atoms with Gasteiger partial charge in [0.2, 0.25) is 5.91 Å². The summed E-state index contributed by atoms with van der Waals surface area (Å²) in [4.78, 5) is 12.0. The molecule has 2 N–H and O–H groups in total. The van der Waals surface area contributed by atoms with Crippen molar-refractivity contribution in [1.82, 2.24) is 10.2 Å². The summed E-state index contributed by atoms with van der Waals surface area (Å²) in [5.41, 5.74) is 0.920. The average molecular weight is 346 g/mol. The van der Waals surface area contributed by atoms with E-state index in [2.05, 4.69) is 20.8 Å². The Labute approximate surface area is 140 Å². The molecule has 24 heavy (non-hydrogen) atoms. The average Bonchev–Trinajstić information content (AvgIpc) is 2.89. The van der Waals surface area contributed by atoms with Crippen LogP contribution in [0.3, 0.4) is 0 Å². The van der Waals surface area contributed by atoms with Gasteiger partial charge in [-0.1, -0.05) is 30.3 Å². The van der Waals surface area contributed by atoms with Crippen LogP contribution in [0.25, 0.3) is 0 Å². The Kier molecular flexibility index (Phi) is 4.75. The second kappa shape index (κ2) is 6.96. The fraction of sp³-hybridized carbons (Fsp3) is 0.312. The third-order valence-corrected chi connectivity index (χ3v) is 5.49. The number of hydrogen-bond acceptors (Lipinski definition) is 6. The van der Waals surface area contributed by atoms with Crippen molar-refractivity contribution in [2.45, 2.75) is 18.9 Å². The van der Waals surface area contributed by atoms with Gasteiger partial charge < -0.3 is 10.6 Å². The number of hydrogen-bond donors (Lipinski definition) is 2. The number of nitrogens with zero attached hydrogens (tertiary/aromatic N) is 2. The van der Waals surface area contributed by atoms with Gasteiger partial charge in [-0.05, 0) is 24.1 Å². The second-order valence-electron chi connectivity index (χ2n) is 5.76. The fourth-order valence-electron chi connectivity index (χ4n) is 2.56. The zero-order chi connectivity index (χ0) is 17.0. The minimum absolute atomic E-state index is 0.115. The zero-order valence-electron chi connectivity index (χ0n) is 13.0. The Morgan fingerprint density at radius 3 is 2.42 bits per heavy atom. The Balaban J connectivity index is 1.54. The summed E-state index contributed by atoms with van der Waals surface area (Å²) < 4.78 is 22.9. The van der Waals surface area contributed by atoms with Gasteiger partial charge >= 0.3 is 0 Å². The maximum absolute atomic E-state index is 12.0. The van der Waals surface area contributed by atoms with E-state index in [1.165, 1.54) is 0 Å². The molecule has 8 heteroatoms. The lowest BCUT2D eigenvalue weighted by Crippen LogP contribution is -2.21. The van der Waals surface area contributed by atoms with E-state index < -0.39 is 9.84 Å². The van der Waals surface area contributed by atoms with Crippen molar-refractivity contribution in [1.29, 1.82) is 0 Å². The van der Waals surface area contributed by atoms with Crippen molar-refractivity contribution >= 4 is 27.4 Å². The number of rotatable bonds is 5. The quantitative estimate of drug-likeness (QED) is 0.845. The molecule has 2 heterocycles. The van der Waals surface area contributed by atoms with E-state index in [9.17, 15) is 13.2 Å². The summed E-state index contributed by atoms with van der Waals surface area (Å²) in [5.74, 6) is 1.01. The highest BCUT2D eigenvalue weighted by molar-refractivity contribution is 7.91. The highest BCUT2D eigenvalue weighted by atomic mass is 32.2. The van der Waals surface area contributed by atoms with E-state index >= 15 is 0 Å². The van der Waals surface area contributed by atoms with Crippen molar-refractivity contribution in [3.05, 3.63) is 48.0 Å². The molecule has 1 aromatic heterocycles. The van der Waals surface area contributed by atoms with Crippen LogP contribution >= 0.6 is 0 Å². The van der Waals surface area contributed by atoms with Gasteiger partial charge in [0.1, 0.15) is 5.82 Å². The molecule has 2 aromatic rings. The van der Waals surface area contributed by atoms with Crippen LogP contribution in [0.15, 0.2) is 42.5 Å². The standard InChI is InChI=1S/C16H18N4O3S/c21-16(10-12-4-2-1-3-5-12)18-15-7-6-14(19-20-15)17-13-8-9-24(22,23)11-13/h1-7,13H,8-11H2,(H,17,19)(H,18,20,21). The third kappa shape index (κ3) is 4.51. The van der Waals surface area contributed by atoms with Crippen LogP contribution in [0, 0.1) is 0 Å². The lowest BCUT2D eigenvalue weighted by Gasteiger charge is -2.11. The van der Waals surface area contributed by atoms with Gasteiger partial charge in [0.05, 0.1) is 17.9 Å². The van der Waals surface area contributed by atoms with Crippen LogP contribution in [0.4, 0.5) is 11.6 Å². The number of benzene rings is 1. The van der Waals surface area contributed by atoms with Crippen LogP contribution in [-0.4, -0.2) is 42.1 Å². The SMILES string of the molecule is O=C(Cc1ccccc1)Nc1ccc(NC2CCS(=O)(=O)C2)nn1. The van der Waals surface area contributed by atoms with Gasteiger partial charge in [-0.2, -0.15) is 0 Å². The van der Waals surface area contributed by atoms with E-state index in [0.717, 1.165) is 5.56 Å². The smallest absolute Gasteiger partial charge is 0.229 e. The highest BCUT2D eigenvalue weighted by Gasteiger charge is 2.27. The minimum Gasteiger partial charge on any atom is -0.365 e. The summed E-state index contributed by atoms with van der Waals surface area (Å²) in [5, 5.41) is 13.7. The number of nitrogens with one attached hydrogen (secondary N) is 2. The molecule has 1 aliphatic heterocycles. The van der Waals surface area contributed by atoms with Crippen molar-refractivity contribution < 1.29 is 13.2 Å². The number of sulfone groups is 1. The lowest BCUT2D eigenvalue weighted by atomic mass is 10.1. The highest BCUT2D eigenvalue weighted by Crippen LogP contribution is 2.16. The maximum Gasteiger partial charge on any atom is 0.229 e. The molecule has 1 unspecified atom stereocenters. The first-order valence-corrected chi connectivity index (χ1v) is 9.47. The summed E-state index contributed by atoms with van der Waals surface area (Å²) in [6.45, 7) is 0. The first-order valence-electron chi connectivity index (χ1n) is 7.65. The van der Waals surface area contributed by atoms with Crippen LogP contribution in [0.1, 0.15) is 12.0 Å². The molecule has 0 radical (unpaired) electrons. The molecular weight excluding hydrogens is 328 g/mol. The molecule has 126 valence electrons. The molecular formula is C16H18N4O3S. The number of aromatic nitrogens is 2. The molecule has 1 saturated heterocycles. The van der Waals surface area contributed by atoms with Crippen molar-refractivity contribution in [3.8, 4) is 0 Å². The van der Waals surface area contributed by atoms with Gasteiger partial charge in [-0.25, -0.2) is 8.42 Å². The maximum atomic E-state index is 12.0. The predicted octanol–water partition coefficient (Wildman–Crippen LogP) is 1.26. The minimum atomic E-state index is -2.94. The number of carbonyl (C=O) groups is 1. The second-order valence-corrected chi connectivity index (χ2v) is 7.99. The summed E-state index contributed by atoms with van der Waals surface area (Å²) in [6, 6.07) is 12.6. The number of carbonyl (C=O) groups excluding carboxylic acids is 1. The molecule has 0 spiro atoms. The van der Waals surface area contributed by atoms with E-state index in [1.54, 1.807) is 12.1 Å². The van der Waals surface area contributed by atoms with Crippen molar-refractivity contribution in [2.24, 2.45) is 0 Å². The van der Waals surface area contributed by atoms with Gasteiger partial charge in [0.15, 0.2) is 15.7 Å². The third-order valence-electron chi connectivity index (χ3n) is 3.72. The zero-order valence-corrected chi connectivity index (χ0v) is 13.8. The van der Waals surface area contributed by atoms with Gasteiger partial charge in [0, 0.05) is 6.04 Å². The molecule has 1 aliphatic rings. The lowest BCUT2D eigenvalue weighted by molar-refractivity contribution is -0.115. The van der Waals surface area contributed by atoms with E-state index in [1.807, 2.05) is 30.3 Å². The first kappa shape index (κ1) is 16.4. The Morgan fingerprint density at radius 1 is 1.08 bits per heavy atom. The van der Waals surface area contributed by atoms with E-state index in [4.69, 9.17) is 0 Å². The topological polar surface area (TPSA) is 101 Å². The summed E-state index contributed by atoms with van der Waals surface area (Å²) >= 11 is 0. The van der Waals surface area contributed by atoms with Crippen molar-refractivity contribution in [3.63, 3.8) is 0 Å². The van der Waals surface area contributed by atoms with Crippen LogP contribution in [-0.2, 0) is 21.1 Å². The normalized spacial score (nSPS) is 18.9.